The normalized spacial score (nSPS) is 20.8. The number of carbonyl (C=O) groups is 1. The van der Waals surface area contributed by atoms with E-state index in [-0.39, 0.29) is 12.5 Å². The van der Waals surface area contributed by atoms with Crippen LogP contribution in [0.5, 0.6) is 0 Å². The summed E-state index contributed by atoms with van der Waals surface area (Å²) in [5.74, 6) is 0.151. The van der Waals surface area contributed by atoms with E-state index in [1.54, 1.807) is 0 Å². The van der Waals surface area contributed by atoms with Crippen LogP contribution in [0.1, 0.15) is 26.2 Å². The average molecular weight is 228 g/mol. The second-order valence-electron chi connectivity index (χ2n) is 4.70. The predicted octanol–water partition coefficient (Wildman–Crippen LogP) is 0.966. The van der Waals surface area contributed by atoms with Crippen molar-refractivity contribution in [1.82, 2.24) is 9.80 Å². The van der Waals surface area contributed by atoms with Crippen LogP contribution in [-0.4, -0.2) is 62.1 Å². The lowest BCUT2D eigenvalue weighted by molar-refractivity contribution is -0.137. The molecule has 0 radical (unpaired) electrons. The van der Waals surface area contributed by atoms with Gasteiger partial charge in [-0.05, 0) is 33.4 Å². The molecule has 1 fully saturated rings. The quantitative estimate of drug-likeness (QED) is 0.635. The summed E-state index contributed by atoms with van der Waals surface area (Å²) in [4.78, 5) is 16.0. The summed E-state index contributed by atoms with van der Waals surface area (Å²) in [6, 6.07) is 0.382. The molecule has 0 aromatic heterocycles. The van der Waals surface area contributed by atoms with Gasteiger partial charge in [-0.1, -0.05) is 6.92 Å². The molecule has 0 aromatic rings. The summed E-state index contributed by atoms with van der Waals surface area (Å²) in [6.45, 7) is 4.83. The molecule has 0 N–H and O–H groups in total. The molecule has 4 heteroatoms. The van der Waals surface area contributed by atoms with E-state index >= 15 is 0 Å². The second kappa shape index (κ2) is 6.86. The zero-order valence-corrected chi connectivity index (χ0v) is 10.7. The van der Waals surface area contributed by atoms with Crippen LogP contribution in [-0.2, 0) is 9.53 Å². The van der Waals surface area contributed by atoms with Crippen LogP contribution < -0.4 is 0 Å². The van der Waals surface area contributed by atoms with Crippen molar-refractivity contribution in [2.45, 2.75) is 32.2 Å². The smallest absolute Gasteiger partial charge is 0.248 e. The lowest BCUT2D eigenvalue weighted by Gasteiger charge is -2.27. The highest BCUT2D eigenvalue weighted by atomic mass is 16.5. The molecule has 1 rings (SSSR count). The fraction of sp³-hybridized carbons (Fsp3) is 0.917. The van der Waals surface area contributed by atoms with Crippen molar-refractivity contribution in [2.24, 2.45) is 0 Å². The SMILES string of the molecule is CCCOCC(=O)N1CCCC1CN(C)C. The van der Waals surface area contributed by atoms with Crippen LogP contribution in [0.15, 0.2) is 0 Å². The summed E-state index contributed by atoms with van der Waals surface area (Å²) in [6.07, 6.45) is 3.21. The van der Waals surface area contributed by atoms with Gasteiger partial charge in [-0.25, -0.2) is 0 Å². The molecule has 4 nitrogen and oxygen atoms in total. The number of nitrogens with zero attached hydrogens (tertiary/aromatic N) is 2. The Morgan fingerprint density at radius 1 is 1.50 bits per heavy atom. The number of carbonyl (C=O) groups excluding carboxylic acids is 1. The maximum absolute atomic E-state index is 11.9. The zero-order chi connectivity index (χ0) is 12.0. The molecular formula is C12H24N2O2. The Morgan fingerprint density at radius 2 is 2.25 bits per heavy atom. The maximum atomic E-state index is 11.9. The number of rotatable bonds is 6. The van der Waals surface area contributed by atoms with Gasteiger partial charge in [0, 0.05) is 25.7 Å². The Hall–Kier alpha value is -0.610. The molecule has 0 bridgehead atoms. The minimum atomic E-state index is 0.151. The van der Waals surface area contributed by atoms with Gasteiger partial charge in [0.2, 0.25) is 5.91 Å². The number of ether oxygens (including phenoxy) is 1. The first-order chi connectivity index (χ1) is 7.65. The van der Waals surface area contributed by atoms with Gasteiger partial charge in [-0.2, -0.15) is 0 Å². The van der Waals surface area contributed by atoms with Crippen LogP contribution >= 0.6 is 0 Å². The van der Waals surface area contributed by atoms with E-state index in [0.717, 1.165) is 32.4 Å². The molecule has 1 amide bonds. The van der Waals surface area contributed by atoms with E-state index in [1.165, 1.54) is 0 Å². The van der Waals surface area contributed by atoms with Crippen LogP contribution in [0.25, 0.3) is 0 Å². The molecule has 1 heterocycles. The minimum absolute atomic E-state index is 0.151. The molecule has 0 aromatic carbocycles. The van der Waals surface area contributed by atoms with E-state index in [0.29, 0.717) is 12.6 Å². The van der Waals surface area contributed by atoms with Crippen molar-refractivity contribution in [3.05, 3.63) is 0 Å². The largest absolute Gasteiger partial charge is 0.372 e. The van der Waals surface area contributed by atoms with Gasteiger partial charge >= 0.3 is 0 Å². The summed E-state index contributed by atoms with van der Waals surface area (Å²) in [7, 11) is 4.10. The first kappa shape index (κ1) is 13.5. The summed E-state index contributed by atoms with van der Waals surface area (Å²) >= 11 is 0. The van der Waals surface area contributed by atoms with Gasteiger partial charge in [-0.15, -0.1) is 0 Å². The van der Waals surface area contributed by atoms with Crippen molar-refractivity contribution in [3.8, 4) is 0 Å². The zero-order valence-electron chi connectivity index (χ0n) is 10.7. The van der Waals surface area contributed by atoms with Crippen molar-refractivity contribution in [3.63, 3.8) is 0 Å². The Morgan fingerprint density at radius 3 is 2.88 bits per heavy atom. The molecule has 1 unspecified atom stereocenters. The van der Waals surface area contributed by atoms with Crippen LogP contribution in [0.2, 0.25) is 0 Å². The lowest BCUT2D eigenvalue weighted by atomic mass is 10.2. The first-order valence-electron chi connectivity index (χ1n) is 6.17. The third-order valence-electron chi connectivity index (χ3n) is 2.85. The Bertz CT molecular complexity index is 219. The first-order valence-corrected chi connectivity index (χ1v) is 6.17. The number of hydrogen-bond acceptors (Lipinski definition) is 3. The number of likely N-dealkylation sites (N-methyl/N-ethyl adjacent to an activating group) is 1. The van der Waals surface area contributed by atoms with Crippen molar-refractivity contribution >= 4 is 5.91 Å². The van der Waals surface area contributed by atoms with Crippen LogP contribution in [0, 0.1) is 0 Å². The Balaban J connectivity index is 2.35. The highest BCUT2D eigenvalue weighted by molar-refractivity contribution is 5.78. The molecule has 1 aliphatic rings. The van der Waals surface area contributed by atoms with Crippen LogP contribution in [0.4, 0.5) is 0 Å². The van der Waals surface area contributed by atoms with E-state index in [2.05, 4.69) is 25.9 Å². The molecule has 94 valence electrons. The van der Waals surface area contributed by atoms with Gasteiger partial charge in [0.1, 0.15) is 6.61 Å². The maximum Gasteiger partial charge on any atom is 0.248 e. The summed E-state index contributed by atoms with van der Waals surface area (Å²) in [5, 5.41) is 0. The molecule has 1 aliphatic heterocycles. The predicted molar refractivity (Wildman–Crippen MR) is 64.4 cm³/mol. The highest BCUT2D eigenvalue weighted by Gasteiger charge is 2.28. The van der Waals surface area contributed by atoms with Crippen molar-refractivity contribution in [1.29, 1.82) is 0 Å². The summed E-state index contributed by atoms with van der Waals surface area (Å²) in [5.41, 5.74) is 0. The van der Waals surface area contributed by atoms with Gasteiger partial charge in [-0.3, -0.25) is 4.79 Å². The summed E-state index contributed by atoms with van der Waals surface area (Å²) < 4.78 is 5.31. The van der Waals surface area contributed by atoms with Gasteiger partial charge in [0.25, 0.3) is 0 Å². The molecule has 16 heavy (non-hydrogen) atoms. The van der Waals surface area contributed by atoms with Crippen molar-refractivity contribution in [2.75, 3.05) is 40.4 Å². The number of hydrogen-bond donors (Lipinski definition) is 0. The minimum Gasteiger partial charge on any atom is -0.372 e. The molecule has 1 saturated heterocycles. The van der Waals surface area contributed by atoms with E-state index in [4.69, 9.17) is 4.74 Å². The molecule has 1 atom stereocenters. The van der Waals surface area contributed by atoms with Crippen LogP contribution in [0.3, 0.4) is 0 Å². The highest BCUT2D eigenvalue weighted by Crippen LogP contribution is 2.17. The van der Waals surface area contributed by atoms with Gasteiger partial charge in [0.15, 0.2) is 0 Å². The molecule has 0 spiro atoms. The number of amides is 1. The van der Waals surface area contributed by atoms with Gasteiger partial charge in [0.05, 0.1) is 0 Å². The Labute approximate surface area is 98.5 Å². The molecule has 0 aliphatic carbocycles. The molecule has 0 saturated carbocycles. The molecular weight excluding hydrogens is 204 g/mol. The van der Waals surface area contributed by atoms with Crippen molar-refractivity contribution < 1.29 is 9.53 Å². The monoisotopic (exact) mass is 228 g/mol. The van der Waals surface area contributed by atoms with Gasteiger partial charge < -0.3 is 14.5 Å². The Kier molecular flexibility index (Phi) is 5.77. The fourth-order valence-corrected chi connectivity index (χ4v) is 2.16. The second-order valence-corrected chi connectivity index (χ2v) is 4.70. The average Bonchev–Trinajstić information content (AvgIpc) is 2.65. The third-order valence-corrected chi connectivity index (χ3v) is 2.85. The standard InChI is InChI=1S/C12H24N2O2/c1-4-8-16-10-12(15)14-7-5-6-11(14)9-13(2)3/h11H,4-10H2,1-3H3. The third kappa shape index (κ3) is 4.10. The van der Waals surface area contributed by atoms with E-state index in [9.17, 15) is 4.79 Å². The van der Waals surface area contributed by atoms with E-state index < -0.39 is 0 Å². The number of likely N-dealkylation sites (tertiary alicyclic amines) is 1. The fourth-order valence-electron chi connectivity index (χ4n) is 2.16. The van der Waals surface area contributed by atoms with E-state index in [1.807, 2.05) is 4.90 Å². The lowest BCUT2D eigenvalue weighted by Crippen LogP contribution is -2.42. The topological polar surface area (TPSA) is 32.8 Å².